The number of rotatable bonds is 10. The van der Waals surface area contributed by atoms with Crippen LogP contribution in [-0.4, -0.2) is 54.5 Å². The molecule has 8 nitrogen and oxygen atoms in total. The number of aliphatic hydroxyl groups is 1. The van der Waals surface area contributed by atoms with Gasteiger partial charge in [0, 0.05) is 32.7 Å². The van der Waals surface area contributed by atoms with E-state index in [9.17, 15) is 19.5 Å². The van der Waals surface area contributed by atoms with Crippen LogP contribution in [0.5, 0.6) is 11.5 Å². The quantitative estimate of drug-likeness (QED) is 0.136. The summed E-state index contributed by atoms with van der Waals surface area (Å²) in [6, 6.07) is 10.9. The number of carbonyl (C=O) groups excluding carboxylic acids is 3. The molecule has 0 bridgehead atoms. The summed E-state index contributed by atoms with van der Waals surface area (Å²) in [5.74, 6) is -1.26. The highest BCUT2D eigenvalue weighted by molar-refractivity contribution is 6.46. The van der Waals surface area contributed by atoms with E-state index < -0.39 is 23.7 Å². The predicted molar refractivity (Wildman–Crippen MR) is 130 cm³/mol. The maximum absolute atomic E-state index is 13.2. The van der Waals surface area contributed by atoms with Crippen molar-refractivity contribution in [3.8, 4) is 11.5 Å². The molecular formula is C27H31NO7. The van der Waals surface area contributed by atoms with E-state index in [2.05, 4.69) is 0 Å². The van der Waals surface area contributed by atoms with Gasteiger partial charge in [0.1, 0.15) is 17.3 Å². The lowest BCUT2D eigenvalue weighted by atomic mass is 9.94. The molecule has 186 valence electrons. The number of hydrogen-bond donors (Lipinski definition) is 1. The van der Waals surface area contributed by atoms with Crippen LogP contribution in [0, 0.1) is 6.92 Å². The Hall–Kier alpha value is -3.65. The lowest BCUT2D eigenvalue weighted by molar-refractivity contribution is -0.140. The van der Waals surface area contributed by atoms with Gasteiger partial charge in [0.15, 0.2) is 0 Å². The third-order valence-corrected chi connectivity index (χ3v) is 5.63. The number of esters is 1. The Morgan fingerprint density at radius 2 is 1.89 bits per heavy atom. The van der Waals surface area contributed by atoms with E-state index in [1.807, 2.05) is 13.8 Å². The minimum atomic E-state index is -0.848. The summed E-state index contributed by atoms with van der Waals surface area (Å²) >= 11 is 0. The van der Waals surface area contributed by atoms with Gasteiger partial charge in [-0.05, 0) is 61.2 Å². The molecule has 1 heterocycles. The van der Waals surface area contributed by atoms with Gasteiger partial charge in [0.05, 0.1) is 18.2 Å². The largest absolute Gasteiger partial charge is 0.507 e. The van der Waals surface area contributed by atoms with Gasteiger partial charge in [-0.3, -0.25) is 14.4 Å². The van der Waals surface area contributed by atoms with E-state index in [0.717, 1.165) is 12.0 Å². The number of methoxy groups -OCH3 is 1. The van der Waals surface area contributed by atoms with Crippen molar-refractivity contribution in [1.82, 2.24) is 4.90 Å². The highest BCUT2D eigenvalue weighted by Gasteiger charge is 2.46. The molecule has 1 aliphatic heterocycles. The minimum absolute atomic E-state index is 0.0194. The summed E-state index contributed by atoms with van der Waals surface area (Å²) in [5.41, 5.74) is 1.73. The van der Waals surface area contributed by atoms with Gasteiger partial charge in [0.2, 0.25) is 0 Å². The summed E-state index contributed by atoms with van der Waals surface area (Å²) in [5, 5.41) is 11.3. The van der Waals surface area contributed by atoms with E-state index in [-0.39, 0.29) is 23.6 Å². The minimum Gasteiger partial charge on any atom is -0.507 e. The summed E-state index contributed by atoms with van der Waals surface area (Å²) in [4.78, 5) is 39.0. The van der Waals surface area contributed by atoms with Crippen LogP contribution in [0.15, 0.2) is 48.0 Å². The van der Waals surface area contributed by atoms with Crippen molar-refractivity contribution < 1.29 is 33.7 Å². The van der Waals surface area contributed by atoms with Crippen molar-refractivity contribution in [1.29, 1.82) is 0 Å². The van der Waals surface area contributed by atoms with Crippen molar-refractivity contribution in [2.24, 2.45) is 0 Å². The number of nitrogens with zero attached hydrogens (tertiary/aromatic N) is 1. The fraction of sp³-hybridized carbons (Fsp3) is 0.370. The number of likely N-dealkylation sites (tertiary alicyclic amines) is 1. The molecule has 1 aliphatic rings. The number of ketones is 1. The zero-order chi connectivity index (χ0) is 25.5. The maximum Gasteiger partial charge on any atom is 0.308 e. The molecule has 0 aromatic heterocycles. The molecule has 8 heteroatoms. The zero-order valence-electron chi connectivity index (χ0n) is 20.5. The lowest BCUT2D eigenvalue weighted by Crippen LogP contribution is -2.31. The predicted octanol–water partition coefficient (Wildman–Crippen LogP) is 4.17. The van der Waals surface area contributed by atoms with Crippen molar-refractivity contribution in [3.05, 3.63) is 64.7 Å². The second-order valence-electron chi connectivity index (χ2n) is 8.33. The van der Waals surface area contributed by atoms with Crippen LogP contribution in [0.4, 0.5) is 0 Å². The molecule has 1 N–H and O–H groups in total. The first-order valence-electron chi connectivity index (χ1n) is 11.6. The van der Waals surface area contributed by atoms with Crippen LogP contribution < -0.4 is 9.47 Å². The Morgan fingerprint density at radius 3 is 2.54 bits per heavy atom. The molecule has 1 unspecified atom stereocenters. The molecule has 1 fully saturated rings. The summed E-state index contributed by atoms with van der Waals surface area (Å²) < 4.78 is 16.0. The fourth-order valence-corrected chi connectivity index (χ4v) is 4.08. The number of carbonyl (C=O) groups is 3. The molecule has 1 atom stereocenters. The van der Waals surface area contributed by atoms with Gasteiger partial charge in [-0.1, -0.05) is 19.1 Å². The van der Waals surface area contributed by atoms with Crippen LogP contribution in [0.1, 0.15) is 49.4 Å². The third kappa shape index (κ3) is 5.89. The molecule has 1 saturated heterocycles. The number of aliphatic hydroxyl groups excluding tert-OH is 1. The smallest absolute Gasteiger partial charge is 0.308 e. The Balaban J connectivity index is 2.10. The van der Waals surface area contributed by atoms with Gasteiger partial charge in [-0.15, -0.1) is 0 Å². The van der Waals surface area contributed by atoms with E-state index in [0.29, 0.717) is 36.5 Å². The molecule has 3 rings (SSSR count). The van der Waals surface area contributed by atoms with Gasteiger partial charge < -0.3 is 24.2 Å². The van der Waals surface area contributed by atoms with E-state index in [4.69, 9.17) is 14.2 Å². The first-order valence-corrected chi connectivity index (χ1v) is 11.6. The van der Waals surface area contributed by atoms with Crippen molar-refractivity contribution >= 4 is 23.4 Å². The average molecular weight is 482 g/mol. The van der Waals surface area contributed by atoms with Crippen LogP contribution in [0.25, 0.3) is 5.76 Å². The number of amides is 1. The summed E-state index contributed by atoms with van der Waals surface area (Å²) in [7, 11) is 1.56. The number of aryl methyl sites for hydroxylation is 1. The first kappa shape index (κ1) is 26.0. The van der Waals surface area contributed by atoms with E-state index in [1.165, 1.54) is 11.8 Å². The number of ether oxygens (including phenoxy) is 3. The second kappa shape index (κ2) is 11.7. The Morgan fingerprint density at radius 1 is 1.11 bits per heavy atom. The van der Waals surface area contributed by atoms with Gasteiger partial charge in [0.25, 0.3) is 11.7 Å². The molecular weight excluding hydrogens is 450 g/mol. The van der Waals surface area contributed by atoms with Crippen molar-refractivity contribution in [2.75, 3.05) is 26.9 Å². The highest BCUT2D eigenvalue weighted by atomic mass is 16.5. The molecule has 2 aromatic rings. The monoisotopic (exact) mass is 481 g/mol. The zero-order valence-corrected chi connectivity index (χ0v) is 20.5. The number of Topliss-reactive ketones (excluding diaryl/α,β-unsaturated/α-hetero) is 1. The van der Waals surface area contributed by atoms with E-state index in [1.54, 1.807) is 49.6 Å². The first-order chi connectivity index (χ1) is 16.8. The Kier molecular flexibility index (Phi) is 8.65. The molecule has 0 saturated carbocycles. The van der Waals surface area contributed by atoms with Crippen LogP contribution in [-0.2, 0) is 19.1 Å². The fourth-order valence-electron chi connectivity index (χ4n) is 4.08. The summed E-state index contributed by atoms with van der Waals surface area (Å²) in [6.45, 7) is 6.38. The number of benzene rings is 2. The van der Waals surface area contributed by atoms with Crippen LogP contribution >= 0.6 is 0 Å². The van der Waals surface area contributed by atoms with Crippen LogP contribution in [0.2, 0.25) is 0 Å². The topological polar surface area (TPSA) is 102 Å². The number of hydrogen-bond acceptors (Lipinski definition) is 7. The standard InChI is InChI=1S/C27H31NO7/c1-5-13-34-22-11-10-20(15-17(22)2)25(30)23-24(19-8-6-9-21(16-19)35-18(3)29)28(12-7-14-33-4)27(32)26(23)31/h6,8-11,15-16,24,30H,5,7,12-14H2,1-4H3/b25-23+. The molecule has 0 radical (unpaired) electrons. The maximum atomic E-state index is 13.2. The Labute approximate surface area is 205 Å². The molecule has 35 heavy (non-hydrogen) atoms. The Bertz CT molecular complexity index is 1140. The van der Waals surface area contributed by atoms with Gasteiger partial charge >= 0.3 is 5.97 Å². The second-order valence-corrected chi connectivity index (χ2v) is 8.33. The van der Waals surface area contributed by atoms with Crippen molar-refractivity contribution in [3.63, 3.8) is 0 Å². The third-order valence-electron chi connectivity index (χ3n) is 5.63. The van der Waals surface area contributed by atoms with E-state index >= 15 is 0 Å². The molecule has 1 amide bonds. The molecule has 2 aromatic carbocycles. The normalized spacial score (nSPS) is 17.0. The van der Waals surface area contributed by atoms with Crippen molar-refractivity contribution in [2.45, 2.75) is 39.7 Å². The molecule has 0 aliphatic carbocycles. The summed E-state index contributed by atoms with van der Waals surface area (Å²) in [6.07, 6.45) is 1.37. The van der Waals surface area contributed by atoms with Gasteiger partial charge in [-0.2, -0.15) is 0 Å². The SMILES string of the molecule is CCCOc1ccc(/C(O)=C2\C(=O)C(=O)N(CCCOC)C2c2cccc(OC(C)=O)c2)cc1C. The average Bonchev–Trinajstić information content (AvgIpc) is 3.08. The lowest BCUT2D eigenvalue weighted by Gasteiger charge is -2.25. The highest BCUT2D eigenvalue weighted by Crippen LogP contribution is 2.40. The van der Waals surface area contributed by atoms with Gasteiger partial charge in [-0.25, -0.2) is 0 Å². The van der Waals surface area contributed by atoms with Crippen LogP contribution in [0.3, 0.4) is 0 Å². The molecule has 0 spiro atoms.